The highest BCUT2D eigenvalue weighted by molar-refractivity contribution is 6.33. The molecular formula is C21H21ClN4O3. The van der Waals surface area contributed by atoms with Gasteiger partial charge in [-0.3, -0.25) is 9.59 Å². The number of carbonyl (C=O) groups excluding carboxylic acids is 2. The number of ether oxygens (including phenoxy) is 1. The third kappa shape index (κ3) is 4.75. The van der Waals surface area contributed by atoms with E-state index >= 15 is 0 Å². The average molecular weight is 413 g/mol. The summed E-state index contributed by atoms with van der Waals surface area (Å²) >= 11 is 6.45. The fraction of sp³-hybridized carbons (Fsp3) is 0.190. The quantitative estimate of drug-likeness (QED) is 0.638. The Morgan fingerprint density at radius 1 is 1.14 bits per heavy atom. The molecule has 0 fully saturated rings. The number of amides is 2. The van der Waals surface area contributed by atoms with Crippen LogP contribution in [-0.4, -0.2) is 28.7 Å². The van der Waals surface area contributed by atoms with Crippen molar-refractivity contribution < 1.29 is 14.3 Å². The van der Waals surface area contributed by atoms with E-state index in [0.717, 1.165) is 5.56 Å². The molecule has 3 rings (SSSR count). The first-order valence-electron chi connectivity index (χ1n) is 8.93. The van der Waals surface area contributed by atoms with Gasteiger partial charge in [-0.2, -0.15) is 5.10 Å². The number of carbonyl (C=O) groups is 2. The number of hydrogen-bond donors (Lipinski definition) is 2. The van der Waals surface area contributed by atoms with Gasteiger partial charge >= 0.3 is 0 Å². The van der Waals surface area contributed by atoms with Gasteiger partial charge in [0.15, 0.2) is 0 Å². The SMILES string of the molecule is COc1ccc(NC(=O)c2c(C)nn(Cc3ccccc3)c2Cl)cc1NC(C)=O. The Hall–Kier alpha value is -3.32. The van der Waals surface area contributed by atoms with Crippen molar-refractivity contribution in [3.8, 4) is 5.75 Å². The van der Waals surface area contributed by atoms with E-state index in [1.807, 2.05) is 30.3 Å². The summed E-state index contributed by atoms with van der Waals surface area (Å²) in [5.74, 6) is -0.137. The molecule has 150 valence electrons. The minimum absolute atomic E-state index is 0.243. The Bertz CT molecular complexity index is 1050. The van der Waals surface area contributed by atoms with Crippen LogP contribution >= 0.6 is 11.6 Å². The summed E-state index contributed by atoms with van der Waals surface area (Å²) in [5, 5.41) is 10.1. The smallest absolute Gasteiger partial charge is 0.260 e. The number of anilines is 2. The van der Waals surface area contributed by atoms with Crippen LogP contribution in [-0.2, 0) is 11.3 Å². The molecule has 29 heavy (non-hydrogen) atoms. The zero-order valence-corrected chi connectivity index (χ0v) is 17.1. The normalized spacial score (nSPS) is 10.5. The average Bonchev–Trinajstić information content (AvgIpc) is 2.95. The fourth-order valence-corrected chi connectivity index (χ4v) is 3.26. The van der Waals surface area contributed by atoms with Crippen molar-refractivity contribution >= 4 is 34.8 Å². The molecule has 2 amide bonds. The van der Waals surface area contributed by atoms with E-state index in [9.17, 15) is 9.59 Å². The predicted molar refractivity (Wildman–Crippen MR) is 113 cm³/mol. The molecule has 2 N–H and O–H groups in total. The van der Waals surface area contributed by atoms with Crippen molar-refractivity contribution in [3.63, 3.8) is 0 Å². The molecule has 0 bridgehead atoms. The molecule has 0 aliphatic rings. The molecule has 0 unspecified atom stereocenters. The van der Waals surface area contributed by atoms with E-state index in [1.54, 1.807) is 29.8 Å². The first-order valence-corrected chi connectivity index (χ1v) is 9.30. The second-order valence-corrected chi connectivity index (χ2v) is 6.80. The molecule has 1 aromatic heterocycles. The van der Waals surface area contributed by atoms with Crippen LogP contribution in [0.4, 0.5) is 11.4 Å². The van der Waals surface area contributed by atoms with E-state index in [4.69, 9.17) is 16.3 Å². The highest BCUT2D eigenvalue weighted by Gasteiger charge is 2.21. The largest absolute Gasteiger partial charge is 0.495 e. The number of nitrogens with zero attached hydrogens (tertiary/aromatic N) is 2. The molecule has 0 aliphatic heterocycles. The van der Waals surface area contributed by atoms with Crippen molar-refractivity contribution in [2.24, 2.45) is 0 Å². The Morgan fingerprint density at radius 2 is 1.86 bits per heavy atom. The number of methoxy groups -OCH3 is 1. The van der Waals surface area contributed by atoms with Gasteiger partial charge < -0.3 is 15.4 Å². The minimum atomic E-state index is -0.384. The van der Waals surface area contributed by atoms with Crippen LogP contribution in [0.1, 0.15) is 28.5 Å². The maximum atomic E-state index is 12.8. The molecule has 0 spiro atoms. The van der Waals surface area contributed by atoms with Gasteiger partial charge in [0.2, 0.25) is 5.91 Å². The van der Waals surface area contributed by atoms with E-state index in [1.165, 1.54) is 14.0 Å². The van der Waals surface area contributed by atoms with E-state index in [2.05, 4.69) is 15.7 Å². The van der Waals surface area contributed by atoms with E-state index in [0.29, 0.717) is 34.9 Å². The van der Waals surface area contributed by atoms with Crippen LogP contribution in [0.5, 0.6) is 5.75 Å². The highest BCUT2D eigenvalue weighted by atomic mass is 35.5. The number of rotatable bonds is 6. The van der Waals surface area contributed by atoms with Crippen LogP contribution in [0.3, 0.4) is 0 Å². The minimum Gasteiger partial charge on any atom is -0.495 e. The van der Waals surface area contributed by atoms with Gasteiger partial charge in [0.1, 0.15) is 10.9 Å². The Morgan fingerprint density at radius 3 is 2.52 bits per heavy atom. The highest BCUT2D eigenvalue weighted by Crippen LogP contribution is 2.29. The number of hydrogen-bond acceptors (Lipinski definition) is 4. The zero-order chi connectivity index (χ0) is 21.0. The molecule has 0 radical (unpaired) electrons. The molecule has 1 heterocycles. The summed E-state index contributed by atoms with van der Waals surface area (Å²) in [7, 11) is 1.50. The Kier molecular flexibility index (Phi) is 6.19. The summed E-state index contributed by atoms with van der Waals surface area (Å²) in [4.78, 5) is 24.2. The van der Waals surface area contributed by atoms with Gasteiger partial charge in [0.25, 0.3) is 5.91 Å². The predicted octanol–water partition coefficient (Wildman–Crippen LogP) is 4.11. The maximum Gasteiger partial charge on any atom is 0.260 e. The van der Waals surface area contributed by atoms with Gasteiger partial charge in [0.05, 0.1) is 30.6 Å². The monoisotopic (exact) mass is 412 g/mol. The summed E-state index contributed by atoms with van der Waals surface area (Å²) in [6.45, 7) is 3.59. The van der Waals surface area contributed by atoms with Crippen molar-refractivity contribution in [1.82, 2.24) is 9.78 Å². The Balaban J connectivity index is 1.83. The first kappa shape index (κ1) is 20.4. The fourth-order valence-electron chi connectivity index (χ4n) is 2.94. The molecule has 0 atom stereocenters. The first-order chi connectivity index (χ1) is 13.9. The number of halogens is 1. The summed E-state index contributed by atoms with van der Waals surface area (Å²) in [6, 6.07) is 14.7. The molecule has 8 heteroatoms. The second kappa shape index (κ2) is 8.79. The van der Waals surface area contributed by atoms with Gasteiger partial charge in [-0.15, -0.1) is 0 Å². The lowest BCUT2D eigenvalue weighted by molar-refractivity contribution is -0.114. The second-order valence-electron chi connectivity index (χ2n) is 6.44. The lowest BCUT2D eigenvalue weighted by Gasteiger charge is -2.12. The van der Waals surface area contributed by atoms with Crippen molar-refractivity contribution in [1.29, 1.82) is 0 Å². The number of nitrogens with one attached hydrogen (secondary N) is 2. The van der Waals surface area contributed by atoms with Gasteiger partial charge in [-0.25, -0.2) is 4.68 Å². The van der Waals surface area contributed by atoms with E-state index < -0.39 is 0 Å². The zero-order valence-electron chi connectivity index (χ0n) is 16.3. The molecule has 2 aromatic carbocycles. The van der Waals surface area contributed by atoms with Crippen LogP contribution in [0, 0.1) is 6.92 Å². The van der Waals surface area contributed by atoms with Gasteiger partial charge in [0, 0.05) is 12.6 Å². The van der Waals surface area contributed by atoms with Gasteiger partial charge in [-0.05, 0) is 30.7 Å². The van der Waals surface area contributed by atoms with Crippen LogP contribution in [0.25, 0.3) is 0 Å². The number of aromatic nitrogens is 2. The summed E-state index contributed by atoms with van der Waals surface area (Å²) in [5.41, 5.74) is 2.81. The van der Waals surface area contributed by atoms with Crippen molar-refractivity contribution in [2.75, 3.05) is 17.7 Å². The molecule has 0 aliphatic carbocycles. The topological polar surface area (TPSA) is 85.2 Å². The lowest BCUT2D eigenvalue weighted by atomic mass is 10.2. The third-order valence-electron chi connectivity index (χ3n) is 4.24. The molecule has 0 saturated heterocycles. The number of aryl methyl sites for hydroxylation is 1. The van der Waals surface area contributed by atoms with Gasteiger partial charge in [-0.1, -0.05) is 41.9 Å². The third-order valence-corrected chi connectivity index (χ3v) is 4.62. The van der Waals surface area contributed by atoms with Crippen LogP contribution in [0.15, 0.2) is 48.5 Å². The summed E-state index contributed by atoms with van der Waals surface area (Å²) in [6.07, 6.45) is 0. The van der Waals surface area contributed by atoms with Crippen LogP contribution in [0.2, 0.25) is 5.15 Å². The lowest BCUT2D eigenvalue weighted by Crippen LogP contribution is -2.14. The number of benzene rings is 2. The Labute approximate surface area is 173 Å². The van der Waals surface area contributed by atoms with Crippen molar-refractivity contribution in [3.05, 3.63) is 70.5 Å². The van der Waals surface area contributed by atoms with Crippen LogP contribution < -0.4 is 15.4 Å². The molecule has 0 saturated carbocycles. The molecular weight excluding hydrogens is 392 g/mol. The maximum absolute atomic E-state index is 12.8. The molecule has 3 aromatic rings. The van der Waals surface area contributed by atoms with E-state index in [-0.39, 0.29) is 17.0 Å². The molecule has 7 nitrogen and oxygen atoms in total. The standard InChI is InChI=1S/C21H21ClN4O3/c1-13-19(20(22)26(25-13)12-15-7-5-4-6-8-15)21(28)24-16-9-10-18(29-3)17(11-16)23-14(2)27/h4-11H,12H2,1-3H3,(H,23,27)(H,24,28). The van der Waals surface area contributed by atoms with Crippen molar-refractivity contribution in [2.45, 2.75) is 20.4 Å². The summed E-state index contributed by atoms with van der Waals surface area (Å²) < 4.78 is 6.82.